The first kappa shape index (κ1) is 25.8. The second-order valence-electron chi connectivity index (χ2n) is 7.46. The summed E-state index contributed by atoms with van der Waals surface area (Å²) in [5, 5.41) is 1.90. The van der Waals surface area contributed by atoms with Gasteiger partial charge in [0.25, 0.3) is 0 Å². The second-order valence-corrected chi connectivity index (χ2v) is 9.21. The SMILES string of the molecule is O=C(O/C(=C(\OC(=O)c1ccc(Cl)cc1)c1ccc(Cl)cc1)c1ccc(Cl)cc1)c1ccc(Cl)cc1. The summed E-state index contributed by atoms with van der Waals surface area (Å²) in [6.45, 7) is 0. The topological polar surface area (TPSA) is 52.6 Å². The standard InChI is InChI=1S/C28H16Cl4O4/c29-21-9-1-17(2-10-21)25(35-27(33)19-5-13-23(31)14-6-19)26(18-3-11-22(30)12-4-18)36-28(34)20-7-15-24(32)16-8-20/h1-16H/b26-25-. The average Bonchev–Trinajstić information content (AvgIpc) is 2.88. The molecule has 0 aromatic heterocycles. The van der Waals surface area contributed by atoms with E-state index in [1.807, 2.05) is 0 Å². The van der Waals surface area contributed by atoms with Gasteiger partial charge in [0.2, 0.25) is 0 Å². The van der Waals surface area contributed by atoms with Crippen LogP contribution in [0.15, 0.2) is 97.1 Å². The molecule has 0 saturated heterocycles. The summed E-state index contributed by atoms with van der Waals surface area (Å²) in [6.07, 6.45) is 0. The smallest absolute Gasteiger partial charge is 0.343 e. The van der Waals surface area contributed by atoms with Crippen LogP contribution in [0.2, 0.25) is 20.1 Å². The summed E-state index contributed by atoms with van der Waals surface area (Å²) in [5.74, 6) is -1.33. The maximum atomic E-state index is 13.1. The Balaban J connectivity index is 1.85. The zero-order chi connectivity index (χ0) is 25.7. The normalized spacial score (nSPS) is 11.4. The number of benzene rings is 4. The summed E-state index contributed by atoms with van der Waals surface area (Å²) in [4.78, 5) is 26.2. The Morgan fingerprint density at radius 1 is 0.389 bits per heavy atom. The summed E-state index contributed by atoms with van der Waals surface area (Å²) in [7, 11) is 0. The van der Waals surface area contributed by atoms with Crippen LogP contribution < -0.4 is 0 Å². The van der Waals surface area contributed by atoms with Crippen LogP contribution in [0, 0.1) is 0 Å². The fraction of sp³-hybridized carbons (Fsp3) is 0. The van der Waals surface area contributed by atoms with Crippen molar-refractivity contribution in [3.63, 3.8) is 0 Å². The van der Waals surface area contributed by atoms with Crippen molar-refractivity contribution in [2.45, 2.75) is 0 Å². The van der Waals surface area contributed by atoms with Crippen LogP contribution in [0.25, 0.3) is 11.5 Å². The summed E-state index contributed by atoms with van der Waals surface area (Å²) >= 11 is 24.1. The van der Waals surface area contributed by atoms with Gasteiger partial charge in [0.15, 0.2) is 11.5 Å². The van der Waals surface area contributed by atoms with Crippen molar-refractivity contribution in [3.05, 3.63) is 139 Å². The van der Waals surface area contributed by atoms with Crippen molar-refractivity contribution in [2.75, 3.05) is 0 Å². The van der Waals surface area contributed by atoms with Crippen molar-refractivity contribution in [1.29, 1.82) is 0 Å². The Morgan fingerprint density at radius 2 is 0.611 bits per heavy atom. The summed E-state index contributed by atoms with van der Waals surface area (Å²) in [6, 6.07) is 25.6. The fourth-order valence-corrected chi connectivity index (χ4v) is 3.65. The first-order valence-corrected chi connectivity index (χ1v) is 12.0. The molecule has 4 nitrogen and oxygen atoms in total. The van der Waals surface area contributed by atoms with Gasteiger partial charge in [-0.3, -0.25) is 0 Å². The third kappa shape index (κ3) is 6.48. The van der Waals surface area contributed by atoms with Crippen molar-refractivity contribution < 1.29 is 19.1 Å². The van der Waals surface area contributed by atoms with E-state index in [1.165, 1.54) is 24.3 Å². The Bertz CT molecular complexity index is 1300. The van der Waals surface area contributed by atoms with Gasteiger partial charge >= 0.3 is 11.9 Å². The minimum Gasteiger partial charge on any atom is -0.418 e. The van der Waals surface area contributed by atoms with Gasteiger partial charge < -0.3 is 9.47 Å². The molecule has 36 heavy (non-hydrogen) atoms. The minimum atomic E-state index is -0.675. The summed E-state index contributed by atoms with van der Waals surface area (Å²) in [5.41, 5.74) is 1.42. The molecule has 0 unspecified atom stereocenters. The van der Waals surface area contributed by atoms with Crippen molar-refractivity contribution in [2.24, 2.45) is 0 Å². The number of carbonyl (C=O) groups is 2. The van der Waals surface area contributed by atoms with Gasteiger partial charge in [-0.25, -0.2) is 9.59 Å². The van der Waals surface area contributed by atoms with Crippen LogP contribution >= 0.6 is 46.4 Å². The number of hydrogen-bond donors (Lipinski definition) is 0. The number of hydrogen-bond acceptors (Lipinski definition) is 4. The van der Waals surface area contributed by atoms with Gasteiger partial charge in [0.1, 0.15) is 0 Å². The van der Waals surface area contributed by atoms with Crippen LogP contribution in [-0.4, -0.2) is 11.9 Å². The van der Waals surface area contributed by atoms with Gasteiger partial charge in [-0.15, -0.1) is 0 Å². The molecule has 8 heteroatoms. The van der Waals surface area contributed by atoms with Gasteiger partial charge in [-0.05, 0) is 97.1 Å². The monoisotopic (exact) mass is 556 g/mol. The number of halogens is 4. The highest BCUT2D eigenvalue weighted by atomic mass is 35.5. The van der Waals surface area contributed by atoms with Crippen LogP contribution in [-0.2, 0) is 9.47 Å². The van der Waals surface area contributed by atoms with E-state index >= 15 is 0 Å². The highest BCUT2D eigenvalue weighted by molar-refractivity contribution is 6.31. The van der Waals surface area contributed by atoms with E-state index in [9.17, 15) is 9.59 Å². The molecule has 4 rings (SSSR count). The molecule has 4 aromatic rings. The fourth-order valence-electron chi connectivity index (χ4n) is 3.15. The van der Waals surface area contributed by atoms with Gasteiger partial charge in [0.05, 0.1) is 11.1 Å². The van der Waals surface area contributed by atoms with E-state index in [-0.39, 0.29) is 22.6 Å². The summed E-state index contributed by atoms with van der Waals surface area (Å²) < 4.78 is 11.7. The maximum Gasteiger partial charge on any atom is 0.343 e. The van der Waals surface area contributed by atoms with Gasteiger partial charge in [0, 0.05) is 31.2 Å². The highest BCUT2D eigenvalue weighted by Crippen LogP contribution is 2.32. The molecule has 0 atom stereocenters. The van der Waals surface area contributed by atoms with Crippen molar-refractivity contribution >= 4 is 69.9 Å². The Hall–Kier alpha value is -3.28. The number of esters is 2. The predicted octanol–water partition coefficient (Wildman–Crippen LogP) is 8.84. The number of rotatable bonds is 6. The van der Waals surface area contributed by atoms with Crippen molar-refractivity contribution in [1.82, 2.24) is 0 Å². The lowest BCUT2D eigenvalue weighted by Crippen LogP contribution is -2.11. The number of ether oxygens (including phenoxy) is 2. The van der Waals surface area contributed by atoms with Crippen LogP contribution in [0.4, 0.5) is 0 Å². The zero-order valence-electron chi connectivity index (χ0n) is 18.4. The van der Waals surface area contributed by atoms with Crippen LogP contribution in [0.3, 0.4) is 0 Å². The molecule has 0 amide bonds. The third-order valence-electron chi connectivity index (χ3n) is 4.97. The number of carbonyl (C=O) groups excluding carboxylic acids is 2. The van der Waals surface area contributed by atoms with E-state index in [0.717, 1.165) is 0 Å². The van der Waals surface area contributed by atoms with E-state index < -0.39 is 11.9 Å². The molecule has 0 saturated carbocycles. The molecular weight excluding hydrogens is 542 g/mol. The predicted molar refractivity (Wildman–Crippen MR) is 143 cm³/mol. The zero-order valence-corrected chi connectivity index (χ0v) is 21.4. The lowest BCUT2D eigenvalue weighted by molar-refractivity contribution is 0.0647. The maximum absolute atomic E-state index is 13.1. The molecule has 0 N–H and O–H groups in total. The van der Waals surface area contributed by atoms with Crippen LogP contribution in [0.1, 0.15) is 31.8 Å². The molecule has 0 aliphatic heterocycles. The average molecular weight is 558 g/mol. The second kappa shape index (κ2) is 11.6. The highest BCUT2D eigenvalue weighted by Gasteiger charge is 2.23. The van der Waals surface area contributed by atoms with E-state index in [2.05, 4.69) is 0 Å². The Kier molecular flexibility index (Phi) is 8.34. The molecule has 0 bridgehead atoms. The lowest BCUT2D eigenvalue weighted by atomic mass is 10.1. The molecule has 4 aromatic carbocycles. The third-order valence-corrected chi connectivity index (χ3v) is 5.98. The van der Waals surface area contributed by atoms with Gasteiger partial charge in [-0.2, -0.15) is 0 Å². The van der Waals surface area contributed by atoms with E-state index in [1.54, 1.807) is 72.8 Å². The largest absolute Gasteiger partial charge is 0.418 e. The Labute approximate surface area is 227 Å². The minimum absolute atomic E-state index is 0.0104. The lowest BCUT2D eigenvalue weighted by Gasteiger charge is -2.17. The molecule has 0 fully saturated rings. The molecule has 180 valence electrons. The first-order chi connectivity index (χ1) is 17.3. The molecule has 0 aliphatic carbocycles. The Morgan fingerprint density at radius 3 is 0.861 bits per heavy atom. The quantitative estimate of drug-likeness (QED) is 0.135. The molecular formula is C28H16Cl4O4. The van der Waals surface area contributed by atoms with E-state index in [4.69, 9.17) is 55.9 Å². The van der Waals surface area contributed by atoms with E-state index in [0.29, 0.717) is 31.2 Å². The van der Waals surface area contributed by atoms with Gasteiger partial charge in [-0.1, -0.05) is 46.4 Å². The molecule has 0 heterocycles. The van der Waals surface area contributed by atoms with Crippen LogP contribution in [0.5, 0.6) is 0 Å². The molecule has 0 aliphatic rings. The van der Waals surface area contributed by atoms with Crippen molar-refractivity contribution in [3.8, 4) is 0 Å². The molecule has 0 spiro atoms. The first-order valence-electron chi connectivity index (χ1n) is 10.5. The molecule has 0 radical (unpaired) electrons.